The van der Waals surface area contributed by atoms with Crippen molar-refractivity contribution in [1.82, 2.24) is 15.1 Å². The number of hydrogen-bond donors (Lipinski definition) is 1. The molecule has 2 heterocycles. The summed E-state index contributed by atoms with van der Waals surface area (Å²) in [6.45, 7) is 2.34. The van der Waals surface area contributed by atoms with Crippen molar-refractivity contribution in [2.75, 3.05) is 0 Å². The molecule has 5 nitrogen and oxygen atoms in total. The number of amides is 1. The molecule has 1 N–H and O–H groups in total. The van der Waals surface area contributed by atoms with E-state index in [1.165, 1.54) is 0 Å². The van der Waals surface area contributed by atoms with Gasteiger partial charge in [0.25, 0.3) is 5.91 Å². The molecule has 0 aliphatic heterocycles. The van der Waals surface area contributed by atoms with Crippen molar-refractivity contribution in [2.45, 2.75) is 13.5 Å². The molecule has 0 saturated carbocycles. The number of rotatable bonds is 4. The first-order valence-corrected chi connectivity index (χ1v) is 8.07. The van der Waals surface area contributed by atoms with Gasteiger partial charge in [-0.25, -0.2) is 4.68 Å². The van der Waals surface area contributed by atoms with Gasteiger partial charge in [-0.05, 0) is 36.8 Å². The Balaban J connectivity index is 1.47. The van der Waals surface area contributed by atoms with Crippen LogP contribution in [0.3, 0.4) is 0 Å². The van der Waals surface area contributed by atoms with Crippen LogP contribution in [0.2, 0.25) is 0 Å². The van der Waals surface area contributed by atoms with Gasteiger partial charge in [-0.2, -0.15) is 5.10 Å². The van der Waals surface area contributed by atoms with E-state index in [4.69, 9.17) is 4.42 Å². The number of furan rings is 1. The molecule has 4 aromatic rings. The molecule has 0 bridgehead atoms. The van der Waals surface area contributed by atoms with Gasteiger partial charge in [0, 0.05) is 29.9 Å². The van der Waals surface area contributed by atoms with Crippen LogP contribution in [0.1, 0.15) is 21.7 Å². The second-order valence-corrected chi connectivity index (χ2v) is 5.85. The third-order valence-corrected chi connectivity index (χ3v) is 4.21. The number of aromatic nitrogens is 2. The molecule has 0 aliphatic carbocycles. The first-order chi connectivity index (χ1) is 12.2. The van der Waals surface area contributed by atoms with Gasteiger partial charge < -0.3 is 9.73 Å². The molecule has 4 rings (SSSR count). The van der Waals surface area contributed by atoms with Gasteiger partial charge in [0.15, 0.2) is 5.76 Å². The van der Waals surface area contributed by atoms with Crippen LogP contribution in [-0.4, -0.2) is 15.7 Å². The standard InChI is InChI=1S/C20H17N3O2/c1-14-17-5-2-3-6-18(17)25-19(14)20(24)21-13-15-7-9-16(10-8-15)23-12-4-11-22-23/h2-12H,13H2,1H3,(H,21,24). The Labute approximate surface area is 144 Å². The van der Waals surface area contributed by atoms with Crippen LogP contribution >= 0.6 is 0 Å². The summed E-state index contributed by atoms with van der Waals surface area (Å²) in [7, 11) is 0. The summed E-state index contributed by atoms with van der Waals surface area (Å²) < 4.78 is 7.49. The summed E-state index contributed by atoms with van der Waals surface area (Å²) in [5, 5.41) is 8.08. The molecule has 5 heteroatoms. The summed E-state index contributed by atoms with van der Waals surface area (Å²) in [6.07, 6.45) is 3.63. The molecular formula is C20H17N3O2. The molecule has 25 heavy (non-hydrogen) atoms. The second kappa shape index (κ2) is 6.28. The summed E-state index contributed by atoms with van der Waals surface area (Å²) in [4.78, 5) is 12.4. The van der Waals surface area contributed by atoms with Gasteiger partial charge in [0.05, 0.1) is 5.69 Å². The Hall–Kier alpha value is -3.34. The van der Waals surface area contributed by atoms with E-state index < -0.39 is 0 Å². The highest BCUT2D eigenvalue weighted by atomic mass is 16.3. The number of nitrogens with one attached hydrogen (secondary N) is 1. The molecule has 0 fully saturated rings. The number of fused-ring (bicyclic) bond motifs is 1. The van der Waals surface area contributed by atoms with E-state index in [1.54, 1.807) is 10.9 Å². The Morgan fingerprint density at radius 2 is 1.92 bits per heavy atom. The lowest BCUT2D eigenvalue weighted by Gasteiger charge is -2.06. The van der Waals surface area contributed by atoms with Crippen molar-refractivity contribution in [3.63, 3.8) is 0 Å². The number of carbonyl (C=O) groups is 1. The number of para-hydroxylation sites is 1. The SMILES string of the molecule is Cc1c(C(=O)NCc2ccc(-n3cccn3)cc2)oc2ccccc12. The number of hydrogen-bond acceptors (Lipinski definition) is 3. The van der Waals surface area contributed by atoms with Crippen molar-refractivity contribution in [1.29, 1.82) is 0 Å². The minimum atomic E-state index is -0.204. The lowest BCUT2D eigenvalue weighted by molar-refractivity contribution is 0.0924. The summed E-state index contributed by atoms with van der Waals surface area (Å²) >= 11 is 0. The molecule has 2 aromatic carbocycles. The Morgan fingerprint density at radius 1 is 1.12 bits per heavy atom. The highest BCUT2D eigenvalue weighted by Crippen LogP contribution is 2.24. The predicted octanol–water partition coefficient (Wildman–Crippen LogP) is 3.86. The first kappa shape index (κ1) is 15.2. The minimum absolute atomic E-state index is 0.204. The summed E-state index contributed by atoms with van der Waals surface area (Å²) in [5.74, 6) is 0.166. The molecule has 2 aromatic heterocycles. The average Bonchev–Trinajstić information content (AvgIpc) is 3.29. The number of aryl methyl sites for hydroxylation is 1. The van der Waals surface area contributed by atoms with Crippen LogP contribution < -0.4 is 5.32 Å². The third kappa shape index (κ3) is 2.92. The smallest absolute Gasteiger partial charge is 0.287 e. The molecular weight excluding hydrogens is 314 g/mol. The monoisotopic (exact) mass is 331 g/mol. The maximum absolute atomic E-state index is 12.4. The zero-order chi connectivity index (χ0) is 17.2. The van der Waals surface area contributed by atoms with Crippen LogP contribution in [0, 0.1) is 6.92 Å². The fourth-order valence-electron chi connectivity index (χ4n) is 2.84. The Kier molecular flexibility index (Phi) is 3.82. The zero-order valence-corrected chi connectivity index (χ0v) is 13.8. The van der Waals surface area contributed by atoms with Gasteiger partial charge in [0.1, 0.15) is 5.58 Å². The number of carbonyl (C=O) groups excluding carboxylic acids is 1. The first-order valence-electron chi connectivity index (χ1n) is 8.07. The van der Waals surface area contributed by atoms with Gasteiger partial charge in [-0.15, -0.1) is 0 Å². The van der Waals surface area contributed by atoms with Crippen LogP contribution in [0.25, 0.3) is 16.7 Å². The quantitative estimate of drug-likeness (QED) is 0.618. The molecule has 124 valence electrons. The van der Waals surface area contributed by atoms with Crippen LogP contribution in [0.4, 0.5) is 0 Å². The van der Waals surface area contributed by atoms with Gasteiger partial charge >= 0.3 is 0 Å². The van der Waals surface area contributed by atoms with Crippen molar-refractivity contribution in [2.24, 2.45) is 0 Å². The van der Waals surface area contributed by atoms with E-state index in [0.29, 0.717) is 12.3 Å². The Morgan fingerprint density at radius 3 is 2.64 bits per heavy atom. The average molecular weight is 331 g/mol. The predicted molar refractivity (Wildman–Crippen MR) is 95.7 cm³/mol. The van der Waals surface area contributed by atoms with E-state index in [1.807, 2.05) is 67.7 Å². The summed E-state index contributed by atoms with van der Waals surface area (Å²) in [5.41, 5.74) is 3.59. The van der Waals surface area contributed by atoms with Gasteiger partial charge in [-0.3, -0.25) is 4.79 Å². The molecule has 0 saturated heterocycles. The van der Waals surface area contributed by atoms with E-state index in [-0.39, 0.29) is 5.91 Å². The molecule has 0 atom stereocenters. The second-order valence-electron chi connectivity index (χ2n) is 5.85. The lowest BCUT2D eigenvalue weighted by Crippen LogP contribution is -2.22. The van der Waals surface area contributed by atoms with E-state index in [9.17, 15) is 4.79 Å². The van der Waals surface area contributed by atoms with Crippen LogP contribution in [-0.2, 0) is 6.54 Å². The van der Waals surface area contributed by atoms with E-state index in [2.05, 4.69) is 10.4 Å². The fraction of sp³-hybridized carbons (Fsp3) is 0.100. The van der Waals surface area contributed by atoms with Crippen molar-refractivity contribution >= 4 is 16.9 Å². The van der Waals surface area contributed by atoms with Gasteiger partial charge in [0.2, 0.25) is 0 Å². The zero-order valence-electron chi connectivity index (χ0n) is 13.8. The largest absolute Gasteiger partial charge is 0.451 e. The van der Waals surface area contributed by atoms with E-state index >= 15 is 0 Å². The fourth-order valence-corrected chi connectivity index (χ4v) is 2.84. The highest BCUT2D eigenvalue weighted by molar-refractivity contribution is 5.98. The normalized spacial score (nSPS) is 10.9. The third-order valence-electron chi connectivity index (χ3n) is 4.21. The molecule has 0 radical (unpaired) electrons. The molecule has 0 spiro atoms. The topological polar surface area (TPSA) is 60.1 Å². The van der Waals surface area contributed by atoms with Crippen LogP contribution in [0.5, 0.6) is 0 Å². The molecule has 0 aliphatic rings. The number of benzene rings is 2. The Bertz CT molecular complexity index is 1010. The highest BCUT2D eigenvalue weighted by Gasteiger charge is 2.16. The van der Waals surface area contributed by atoms with Gasteiger partial charge in [-0.1, -0.05) is 30.3 Å². The van der Waals surface area contributed by atoms with Crippen molar-refractivity contribution in [3.05, 3.63) is 83.9 Å². The van der Waals surface area contributed by atoms with Crippen molar-refractivity contribution < 1.29 is 9.21 Å². The van der Waals surface area contributed by atoms with Crippen molar-refractivity contribution in [3.8, 4) is 5.69 Å². The minimum Gasteiger partial charge on any atom is -0.451 e. The number of nitrogens with zero attached hydrogens (tertiary/aromatic N) is 2. The summed E-state index contributed by atoms with van der Waals surface area (Å²) in [6, 6.07) is 17.4. The molecule has 1 amide bonds. The lowest BCUT2D eigenvalue weighted by atomic mass is 10.1. The van der Waals surface area contributed by atoms with Crippen LogP contribution in [0.15, 0.2) is 71.4 Å². The van der Waals surface area contributed by atoms with E-state index in [0.717, 1.165) is 27.8 Å². The maximum atomic E-state index is 12.4. The maximum Gasteiger partial charge on any atom is 0.287 e. The molecule has 0 unspecified atom stereocenters.